The predicted octanol–water partition coefficient (Wildman–Crippen LogP) is 4.42. The van der Waals surface area contributed by atoms with Gasteiger partial charge in [-0.05, 0) is 37.1 Å². The number of allylic oxidation sites excluding steroid dienone is 1. The summed E-state index contributed by atoms with van der Waals surface area (Å²) >= 11 is 1.27. The molecule has 10 heteroatoms. The number of amides is 1. The number of thioether (sulfide) groups is 1. The molecule has 1 heterocycles. The maximum absolute atomic E-state index is 12.3. The van der Waals surface area contributed by atoms with Crippen LogP contribution in [0.3, 0.4) is 0 Å². The lowest BCUT2D eigenvalue weighted by Crippen LogP contribution is -2.15. The highest BCUT2D eigenvalue weighted by Gasteiger charge is 2.14. The average molecular weight is 468 g/mol. The second-order valence-electron chi connectivity index (χ2n) is 7.16. The number of anilines is 1. The number of hydrogen-bond acceptors (Lipinski definition) is 7. The number of benzene rings is 2. The van der Waals surface area contributed by atoms with Gasteiger partial charge in [0.2, 0.25) is 5.91 Å². The molecule has 0 saturated heterocycles. The van der Waals surface area contributed by atoms with Crippen LogP contribution in [0, 0.1) is 17.0 Å². The molecule has 0 radical (unpaired) electrons. The molecule has 172 valence electrons. The molecule has 0 spiro atoms. The molecule has 0 aliphatic heterocycles. The van der Waals surface area contributed by atoms with E-state index < -0.39 is 4.92 Å². The van der Waals surface area contributed by atoms with Gasteiger partial charge >= 0.3 is 0 Å². The topological polar surface area (TPSA) is 112 Å². The zero-order chi connectivity index (χ0) is 23.6. The monoisotopic (exact) mass is 467 g/mol. The molecule has 9 nitrogen and oxygen atoms in total. The molecule has 3 aromatic rings. The fourth-order valence-corrected chi connectivity index (χ4v) is 3.81. The highest BCUT2D eigenvalue weighted by Crippen LogP contribution is 2.20. The number of hydrogen-bond donors (Lipinski definition) is 1. The fraction of sp³-hybridized carbons (Fsp3) is 0.261. The first-order chi connectivity index (χ1) is 16.0. The van der Waals surface area contributed by atoms with Gasteiger partial charge in [0.1, 0.15) is 11.6 Å². The number of aromatic nitrogens is 3. The molecule has 3 rings (SSSR count). The van der Waals surface area contributed by atoms with Crippen LogP contribution in [0.2, 0.25) is 0 Å². The third-order valence-electron chi connectivity index (χ3n) is 4.70. The first kappa shape index (κ1) is 24.0. The summed E-state index contributed by atoms with van der Waals surface area (Å²) in [6.07, 6.45) is 3.22. The maximum atomic E-state index is 12.3. The minimum atomic E-state index is -0.486. The Bertz CT molecular complexity index is 1110. The van der Waals surface area contributed by atoms with Gasteiger partial charge in [0.05, 0.1) is 17.3 Å². The Kier molecular flexibility index (Phi) is 8.59. The van der Waals surface area contributed by atoms with Crippen LogP contribution in [-0.4, -0.2) is 38.0 Å². The highest BCUT2D eigenvalue weighted by molar-refractivity contribution is 7.99. The summed E-state index contributed by atoms with van der Waals surface area (Å²) in [5.41, 5.74) is 1.56. The number of non-ortho nitro benzene ring substituents is 1. The molecule has 2 aromatic carbocycles. The van der Waals surface area contributed by atoms with Gasteiger partial charge in [0.15, 0.2) is 5.16 Å². The van der Waals surface area contributed by atoms with Crippen LogP contribution < -0.4 is 10.1 Å². The second-order valence-corrected chi connectivity index (χ2v) is 8.10. The van der Waals surface area contributed by atoms with Gasteiger partial charge in [-0.15, -0.1) is 16.8 Å². The normalized spacial score (nSPS) is 10.6. The molecule has 1 N–H and O–H groups in total. The van der Waals surface area contributed by atoms with Gasteiger partial charge in [-0.1, -0.05) is 36.0 Å². The van der Waals surface area contributed by atoms with Crippen molar-refractivity contribution < 1.29 is 14.5 Å². The SMILES string of the molecule is C=CCn1c(CCCOc2ccccc2C)nnc1SCC(=O)Nc1ccc([N+](=O)[O-])cc1. The van der Waals surface area contributed by atoms with Crippen molar-refractivity contribution in [3.63, 3.8) is 0 Å². The Balaban J connectivity index is 1.51. The van der Waals surface area contributed by atoms with Gasteiger partial charge in [-0.25, -0.2) is 0 Å². The van der Waals surface area contributed by atoms with Crippen molar-refractivity contribution >= 4 is 29.0 Å². The van der Waals surface area contributed by atoms with E-state index in [1.807, 2.05) is 35.8 Å². The molecular weight excluding hydrogens is 442 g/mol. The average Bonchev–Trinajstić information content (AvgIpc) is 3.18. The van der Waals surface area contributed by atoms with E-state index in [1.54, 1.807) is 6.08 Å². The second kappa shape index (κ2) is 11.8. The van der Waals surface area contributed by atoms with Gasteiger partial charge in [0, 0.05) is 30.8 Å². The Hall–Kier alpha value is -3.66. The number of para-hydroxylation sites is 1. The molecule has 33 heavy (non-hydrogen) atoms. The van der Waals surface area contributed by atoms with Crippen LogP contribution in [0.25, 0.3) is 0 Å². The van der Waals surface area contributed by atoms with Crippen LogP contribution in [0.5, 0.6) is 5.75 Å². The highest BCUT2D eigenvalue weighted by atomic mass is 32.2. The molecule has 0 fully saturated rings. The molecule has 0 aliphatic carbocycles. The summed E-state index contributed by atoms with van der Waals surface area (Å²) < 4.78 is 7.78. The summed E-state index contributed by atoms with van der Waals surface area (Å²) in [5.74, 6) is 1.57. The van der Waals surface area contributed by atoms with Crippen molar-refractivity contribution in [1.82, 2.24) is 14.8 Å². The summed E-state index contributed by atoms with van der Waals surface area (Å²) in [5, 5.41) is 22.6. The quantitative estimate of drug-likeness (QED) is 0.138. The Morgan fingerprint density at radius 2 is 2.00 bits per heavy atom. The van der Waals surface area contributed by atoms with Crippen molar-refractivity contribution in [2.24, 2.45) is 0 Å². The molecule has 0 atom stereocenters. The Morgan fingerprint density at radius 3 is 2.70 bits per heavy atom. The van der Waals surface area contributed by atoms with E-state index in [0.29, 0.717) is 30.4 Å². The lowest BCUT2D eigenvalue weighted by atomic mass is 10.2. The zero-order valence-electron chi connectivity index (χ0n) is 18.3. The molecule has 0 unspecified atom stereocenters. The Labute approximate surface area is 196 Å². The smallest absolute Gasteiger partial charge is 0.269 e. The van der Waals surface area contributed by atoms with E-state index in [1.165, 1.54) is 36.0 Å². The summed E-state index contributed by atoms with van der Waals surface area (Å²) in [4.78, 5) is 22.5. The number of carbonyl (C=O) groups excluding carboxylic acids is 1. The van der Waals surface area contributed by atoms with Crippen LogP contribution in [0.1, 0.15) is 17.8 Å². The number of nitro groups is 1. The minimum absolute atomic E-state index is 0.0308. The van der Waals surface area contributed by atoms with E-state index in [0.717, 1.165) is 23.6 Å². The largest absolute Gasteiger partial charge is 0.493 e. The number of ether oxygens (including phenoxy) is 1. The van der Waals surface area contributed by atoms with Gasteiger partial charge in [-0.3, -0.25) is 14.9 Å². The van der Waals surface area contributed by atoms with Crippen molar-refractivity contribution in [2.75, 3.05) is 17.7 Å². The number of aryl methyl sites for hydroxylation is 2. The van der Waals surface area contributed by atoms with Crippen LogP contribution in [0.15, 0.2) is 66.3 Å². The van der Waals surface area contributed by atoms with Crippen molar-refractivity contribution in [3.05, 3.63) is 82.7 Å². The van der Waals surface area contributed by atoms with Crippen LogP contribution >= 0.6 is 11.8 Å². The molecule has 0 aliphatic rings. The van der Waals surface area contributed by atoms with Crippen molar-refractivity contribution in [2.45, 2.75) is 31.5 Å². The standard InChI is InChI=1S/C23H25N5O4S/c1-3-14-27-21(9-6-15-32-20-8-5-4-7-17(20)2)25-26-23(27)33-16-22(29)24-18-10-12-19(13-11-18)28(30)31/h3-5,7-8,10-13H,1,6,9,14-16H2,2H3,(H,24,29). The lowest BCUT2D eigenvalue weighted by Gasteiger charge is -2.10. The third-order valence-corrected chi connectivity index (χ3v) is 5.66. The summed E-state index contributed by atoms with van der Waals surface area (Å²) in [6.45, 7) is 6.90. The first-order valence-electron chi connectivity index (χ1n) is 10.4. The van der Waals surface area contributed by atoms with Crippen molar-refractivity contribution in [3.8, 4) is 5.75 Å². The first-order valence-corrected chi connectivity index (χ1v) is 11.3. The van der Waals surface area contributed by atoms with Crippen molar-refractivity contribution in [1.29, 1.82) is 0 Å². The summed E-state index contributed by atoms with van der Waals surface area (Å²) in [7, 11) is 0. The predicted molar refractivity (Wildman–Crippen MR) is 128 cm³/mol. The molecule has 0 saturated carbocycles. The summed E-state index contributed by atoms with van der Waals surface area (Å²) in [6, 6.07) is 13.6. The number of carbonyl (C=O) groups is 1. The lowest BCUT2D eigenvalue weighted by molar-refractivity contribution is -0.384. The Morgan fingerprint density at radius 1 is 1.24 bits per heavy atom. The van der Waals surface area contributed by atoms with Gasteiger partial charge < -0.3 is 14.6 Å². The fourth-order valence-electron chi connectivity index (χ4n) is 3.05. The number of nitro benzene ring substituents is 1. The van der Waals surface area contributed by atoms with E-state index >= 15 is 0 Å². The van der Waals surface area contributed by atoms with E-state index in [9.17, 15) is 14.9 Å². The molecular formula is C23H25N5O4S. The van der Waals surface area contributed by atoms with Gasteiger partial charge in [0.25, 0.3) is 5.69 Å². The third kappa shape index (κ3) is 6.91. The maximum Gasteiger partial charge on any atom is 0.269 e. The molecule has 1 amide bonds. The minimum Gasteiger partial charge on any atom is -0.493 e. The zero-order valence-corrected chi connectivity index (χ0v) is 19.1. The number of nitrogens with one attached hydrogen (secondary N) is 1. The van der Waals surface area contributed by atoms with E-state index in [-0.39, 0.29) is 17.3 Å². The number of nitrogens with zero attached hydrogens (tertiary/aromatic N) is 4. The van der Waals surface area contributed by atoms with E-state index in [2.05, 4.69) is 22.1 Å². The molecule has 1 aromatic heterocycles. The molecule has 0 bridgehead atoms. The number of rotatable bonds is 12. The van der Waals surface area contributed by atoms with Gasteiger partial charge in [-0.2, -0.15) is 0 Å². The van der Waals surface area contributed by atoms with E-state index in [4.69, 9.17) is 4.74 Å². The van der Waals surface area contributed by atoms with Crippen LogP contribution in [0.4, 0.5) is 11.4 Å². The van der Waals surface area contributed by atoms with Crippen LogP contribution in [-0.2, 0) is 17.8 Å².